The van der Waals surface area contributed by atoms with Crippen LogP contribution in [0.1, 0.15) is 38.7 Å². The summed E-state index contributed by atoms with van der Waals surface area (Å²) in [5, 5.41) is 2.93. The molecule has 1 N–H and O–H groups in total. The van der Waals surface area contributed by atoms with Crippen molar-refractivity contribution in [2.45, 2.75) is 33.1 Å². The summed E-state index contributed by atoms with van der Waals surface area (Å²) >= 11 is 3.49. The van der Waals surface area contributed by atoms with Crippen LogP contribution in [0.15, 0.2) is 22.7 Å². The Balaban J connectivity index is 2.52. The van der Waals surface area contributed by atoms with Crippen LogP contribution in [0, 0.1) is 5.41 Å². The molecule has 1 unspecified atom stereocenters. The van der Waals surface area contributed by atoms with Gasteiger partial charge in [-0.1, -0.05) is 36.7 Å². The van der Waals surface area contributed by atoms with E-state index in [0.717, 1.165) is 10.2 Å². The van der Waals surface area contributed by atoms with Crippen LogP contribution in [0.4, 0.5) is 5.69 Å². The van der Waals surface area contributed by atoms with Gasteiger partial charge in [-0.2, -0.15) is 0 Å². The maximum atomic E-state index is 11.6. The molecular formula is C13H16BrNO. The van der Waals surface area contributed by atoms with Gasteiger partial charge in [0.2, 0.25) is 5.91 Å². The lowest BCUT2D eigenvalue weighted by atomic mass is 9.72. The second-order valence-electron chi connectivity index (χ2n) is 5.40. The summed E-state index contributed by atoms with van der Waals surface area (Å²) in [4.78, 5) is 11.6. The first-order valence-electron chi connectivity index (χ1n) is 5.47. The molecule has 0 radical (unpaired) electrons. The second-order valence-corrected chi connectivity index (χ2v) is 6.32. The minimum atomic E-state index is 0.104. The van der Waals surface area contributed by atoms with Crippen LogP contribution in [0.5, 0.6) is 0 Å². The number of carbonyl (C=O) groups excluding carboxylic acids is 1. The summed E-state index contributed by atoms with van der Waals surface area (Å²) in [6, 6.07) is 6.05. The molecule has 0 aliphatic carbocycles. The molecule has 0 aromatic heterocycles. The Kier molecular flexibility index (Phi) is 2.82. The molecule has 0 saturated carbocycles. The Bertz CT molecular complexity index is 434. The number of amides is 1. The molecule has 1 heterocycles. The number of nitrogens with one attached hydrogen (secondary N) is 1. The van der Waals surface area contributed by atoms with Crippen molar-refractivity contribution in [3.63, 3.8) is 0 Å². The van der Waals surface area contributed by atoms with E-state index in [1.54, 1.807) is 0 Å². The highest BCUT2D eigenvalue weighted by Crippen LogP contribution is 2.44. The van der Waals surface area contributed by atoms with Gasteiger partial charge in [-0.15, -0.1) is 0 Å². The molecule has 0 spiro atoms. The van der Waals surface area contributed by atoms with Crippen LogP contribution < -0.4 is 5.32 Å². The zero-order chi connectivity index (χ0) is 11.9. The molecule has 1 atom stereocenters. The van der Waals surface area contributed by atoms with Gasteiger partial charge in [-0.05, 0) is 35.1 Å². The van der Waals surface area contributed by atoms with Crippen LogP contribution in [-0.2, 0) is 4.79 Å². The molecule has 0 bridgehead atoms. The molecule has 2 rings (SSSR count). The Morgan fingerprint density at radius 2 is 2.06 bits per heavy atom. The zero-order valence-corrected chi connectivity index (χ0v) is 11.4. The minimum Gasteiger partial charge on any atom is -0.326 e. The van der Waals surface area contributed by atoms with Gasteiger partial charge in [-0.3, -0.25) is 4.79 Å². The fraction of sp³-hybridized carbons (Fsp3) is 0.462. The van der Waals surface area contributed by atoms with E-state index < -0.39 is 0 Å². The summed E-state index contributed by atoms with van der Waals surface area (Å²) in [6.45, 7) is 6.54. The number of fused-ring (bicyclic) bond motifs is 1. The van der Waals surface area contributed by atoms with Crippen LogP contribution in [0.25, 0.3) is 0 Å². The zero-order valence-electron chi connectivity index (χ0n) is 9.80. The monoisotopic (exact) mass is 281 g/mol. The van der Waals surface area contributed by atoms with E-state index in [4.69, 9.17) is 0 Å². The number of halogens is 1. The average Bonchev–Trinajstić information content (AvgIpc) is 2.16. The number of carbonyl (C=O) groups is 1. The number of benzene rings is 1. The van der Waals surface area contributed by atoms with Crippen LogP contribution in [0.2, 0.25) is 0 Å². The van der Waals surface area contributed by atoms with E-state index in [0.29, 0.717) is 6.42 Å². The van der Waals surface area contributed by atoms with Gasteiger partial charge in [0.1, 0.15) is 0 Å². The first-order valence-corrected chi connectivity index (χ1v) is 6.26. The van der Waals surface area contributed by atoms with Gasteiger partial charge >= 0.3 is 0 Å². The Labute approximate surface area is 105 Å². The predicted molar refractivity (Wildman–Crippen MR) is 69.6 cm³/mol. The molecule has 1 aliphatic heterocycles. The van der Waals surface area contributed by atoms with Crippen LogP contribution in [-0.4, -0.2) is 5.91 Å². The average molecular weight is 282 g/mol. The number of rotatable bonds is 0. The van der Waals surface area contributed by atoms with Crippen molar-refractivity contribution in [2.75, 3.05) is 5.32 Å². The summed E-state index contributed by atoms with van der Waals surface area (Å²) in [7, 11) is 0. The highest BCUT2D eigenvalue weighted by atomic mass is 79.9. The molecule has 1 aliphatic rings. The van der Waals surface area contributed by atoms with E-state index in [1.807, 2.05) is 12.1 Å². The molecule has 1 aromatic rings. The summed E-state index contributed by atoms with van der Waals surface area (Å²) < 4.78 is 1.07. The third kappa shape index (κ3) is 2.14. The summed E-state index contributed by atoms with van der Waals surface area (Å²) in [5.74, 6) is 0.406. The second kappa shape index (κ2) is 3.88. The van der Waals surface area contributed by atoms with Crippen molar-refractivity contribution in [1.29, 1.82) is 0 Å². The van der Waals surface area contributed by atoms with E-state index in [-0.39, 0.29) is 17.2 Å². The quantitative estimate of drug-likeness (QED) is 0.767. The number of hydrogen-bond donors (Lipinski definition) is 1. The van der Waals surface area contributed by atoms with Crippen molar-refractivity contribution in [2.24, 2.45) is 5.41 Å². The molecule has 0 fully saturated rings. The van der Waals surface area contributed by atoms with Gasteiger partial charge in [-0.25, -0.2) is 0 Å². The smallest absolute Gasteiger partial charge is 0.225 e. The van der Waals surface area contributed by atoms with Crippen molar-refractivity contribution >= 4 is 27.5 Å². The molecule has 16 heavy (non-hydrogen) atoms. The van der Waals surface area contributed by atoms with Gasteiger partial charge in [0.05, 0.1) is 0 Å². The van der Waals surface area contributed by atoms with E-state index in [2.05, 4.69) is 48.1 Å². The van der Waals surface area contributed by atoms with Gasteiger partial charge in [0, 0.05) is 16.6 Å². The summed E-state index contributed by atoms with van der Waals surface area (Å²) in [6.07, 6.45) is 0.576. The van der Waals surface area contributed by atoms with Crippen LogP contribution >= 0.6 is 15.9 Å². The van der Waals surface area contributed by atoms with Crippen molar-refractivity contribution < 1.29 is 4.79 Å². The summed E-state index contributed by atoms with van der Waals surface area (Å²) in [5.41, 5.74) is 2.30. The number of anilines is 1. The van der Waals surface area contributed by atoms with Gasteiger partial charge in [0.15, 0.2) is 0 Å². The molecule has 0 saturated heterocycles. The van der Waals surface area contributed by atoms with E-state index in [9.17, 15) is 4.79 Å². The first-order chi connectivity index (χ1) is 7.38. The molecule has 86 valence electrons. The Morgan fingerprint density at radius 1 is 1.38 bits per heavy atom. The number of hydrogen-bond acceptors (Lipinski definition) is 1. The SMILES string of the molecule is CC(C)(C)C1CC(=O)Nc2ccc(Br)cc21. The Morgan fingerprint density at radius 3 is 2.69 bits per heavy atom. The maximum absolute atomic E-state index is 11.6. The largest absolute Gasteiger partial charge is 0.326 e. The molecule has 1 amide bonds. The third-order valence-electron chi connectivity index (χ3n) is 3.10. The Hall–Kier alpha value is -0.830. The lowest BCUT2D eigenvalue weighted by molar-refractivity contribution is -0.117. The normalized spacial score (nSPS) is 20.2. The minimum absolute atomic E-state index is 0.104. The lowest BCUT2D eigenvalue weighted by Crippen LogP contribution is -2.30. The highest BCUT2D eigenvalue weighted by Gasteiger charge is 2.33. The van der Waals surface area contributed by atoms with E-state index in [1.165, 1.54) is 5.56 Å². The molecular weight excluding hydrogens is 266 g/mol. The fourth-order valence-electron chi connectivity index (χ4n) is 2.20. The van der Waals surface area contributed by atoms with Crippen molar-refractivity contribution in [3.05, 3.63) is 28.2 Å². The topological polar surface area (TPSA) is 29.1 Å². The fourth-order valence-corrected chi connectivity index (χ4v) is 2.58. The third-order valence-corrected chi connectivity index (χ3v) is 3.59. The standard InChI is InChI=1S/C13H16BrNO/c1-13(2,3)10-7-12(16)15-11-5-4-8(14)6-9(10)11/h4-6,10H,7H2,1-3H3,(H,15,16). The van der Waals surface area contributed by atoms with Gasteiger partial charge < -0.3 is 5.32 Å². The predicted octanol–water partition coefficient (Wildman–Crippen LogP) is 3.92. The van der Waals surface area contributed by atoms with Crippen molar-refractivity contribution in [3.8, 4) is 0 Å². The van der Waals surface area contributed by atoms with Gasteiger partial charge in [0.25, 0.3) is 0 Å². The highest BCUT2D eigenvalue weighted by molar-refractivity contribution is 9.10. The molecule has 2 nitrogen and oxygen atoms in total. The first kappa shape index (κ1) is 11.6. The van der Waals surface area contributed by atoms with E-state index >= 15 is 0 Å². The van der Waals surface area contributed by atoms with Crippen LogP contribution in [0.3, 0.4) is 0 Å². The van der Waals surface area contributed by atoms with Crippen molar-refractivity contribution in [1.82, 2.24) is 0 Å². The molecule has 3 heteroatoms. The maximum Gasteiger partial charge on any atom is 0.225 e. The molecule has 1 aromatic carbocycles. The lowest BCUT2D eigenvalue weighted by Gasteiger charge is -2.35.